The molecule has 0 spiro atoms. The van der Waals surface area contributed by atoms with Gasteiger partial charge in [0.1, 0.15) is 5.82 Å². The lowest BCUT2D eigenvalue weighted by Crippen LogP contribution is -2.49. The maximum absolute atomic E-state index is 13.5. The van der Waals surface area contributed by atoms with Crippen molar-refractivity contribution in [2.45, 2.75) is 13.3 Å². The minimum absolute atomic E-state index is 0.141. The maximum atomic E-state index is 13.5. The average molecular weight is 471 g/mol. The summed E-state index contributed by atoms with van der Waals surface area (Å²) in [7, 11) is 0. The third-order valence-corrected chi connectivity index (χ3v) is 6.38. The molecule has 5 rings (SSSR count). The molecule has 0 aliphatic carbocycles. The Morgan fingerprint density at radius 2 is 1.71 bits per heavy atom. The van der Waals surface area contributed by atoms with Crippen molar-refractivity contribution in [3.63, 3.8) is 0 Å². The van der Waals surface area contributed by atoms with Crippen molar-refractivity contribution in [3.05, 3.63) is 89.6 Å². The highest BCUT2D eigenvalue weighted by Gasteiger charge is 2.22. The molecule has 1 N–H and O–H groups in total. The number of pyridine rings is 1. The van der Waals surface area contributed by atoms with Crippen molar-refractivity contribution in [2.75, 3.05) is 42.9 Å². The molecule has 1 saturated heterocycles. The predicted octanol–water partition coefficient (Wildman–Crippen LogP) is 3.82. The molecule has 4 aromatic rings. The van der Waals surface area contributed by atoms with Crippen molar-refractivity contribution < 1.29 is 9.18 Å². The Hall–Kier alpha value is -3.91. The third-order valence-electron chi connectivity index (χ3n) is 6.38. The van der Waals surface area contributed by atoms with Gasteiger partial charge in [-0.25, -0.2) is 4.39 Å². The van der Waals surface area contributed by atoms with Gasteiger partial charge in [-0.2, -0.15) is 5.10 Å². The van der Waals surface area contributed by atoms with E-state index in [0.29, 0.717) is 12.1 Å². The molecule has 0 atom stereocenters. The van der Waals surface area contributed by atoms with E-state index in [0.717, 1.165) is 59.6 Å². The zero-order valence-electron chi connectivity index (χ0n) is 19.6. The van der Waals surface area contributed by atoms with Crippen LogP contribution in [0.15, 0.2) is 67.0 Å². The smallest absolute Gasteiger partial charge is 0.238 e. The average Bonchev–Trinajstić information content (AvgIpc) is 2.88. The van der Waals surface area contributed by atoms with Crippen LogP contribution in [-0.4, -0.2) is 58.7 Å². The number of piperazine rings is 1. The van der Waals surface area contributed by atoms with Gasteiger partial charge >= 0.3 is 0 Å². The molecule has 35 heavy (non-hydrogen) atoms. The summed E-state index contributed by atoms with van der Waals surface area (Å²) in [5, 5.41) is 14.2. The van der Waals surface area contributed by atoms with E-state index in [1.165, 1.54) is 12.1 Å². The lowest BCUT2D eigenvalue weighted by atomic mass is 10.0. The van der Waals surface area contributed by atoms with Crippen LogP contribution in [0.4, 0.5) is 15.9 Å². The standard InChI is InChI=1S/C27H27FN6O/c1-19-6-7-21(28)17-24(19)30-26(35)18-33-12-14-34(15-13-33)27-23-5-3-2-4-22(23)25(31-32-27)16-20-8-10-29-11-9-20/h2-11,17H,12-16,18H2,1H3,(H,30,35). The second kappa shape index (κ2) is 10.1. The summed E-state index contributed by atoms with van der Waals surface area (Å²) in [6, 6.07) is 16.6. The molecule has 1 amide bonds. The van der Waals surface area contributed by atoms with Gasteiger partial charge in [-0.05, 0) is 42.3 Å². The first-order chi connectivity index (χ1) is 17.1. The van der Waals surface area contributed by atoms with Gasteiger partial charge in [0.05, 0.1) is 12.2 Å². The van der Waals surface area contributed by atoms with Gasteiger partial charge in [0.2, 0.25) is 5.91 Å². The summed E-state index contributed by atoms with van der Waals surface area (Å²) in [5.41, 5.74) is 3.44. The number of hydrogen-bond acceptors (Lipinski definition) is 6. The molecular weight excluding hydrogens is 443 g/mol. The van der Waals surface area contributed by atoms with Crippen LogP contribution in [0.25, 0.3) is 10.8 Å². The zero-order valence-corrected chi connectivity index (χ0v) is 19.6. The van der Waals surface area contributed by atoms with Crippen molar-refractivity contribution in [1.29, 1.82) is 0 Å². The predicted molar refractivity (Wildman–Crippen MR) is 135 cm³/mol. The lowest BCUT2D eigenvalue weighted by Gasteiger charge is -2.35. The minimum Gasteiger partial charge on any atom is -0.352 e. The first-order valence-electron chi connectivity index (χ1n) is 11.7. The molecule has 8 heteroatoms. The fourth-order valence-corrected chi connectivity index (χ4v) is 4.44. The molecule has 2 aromatic carbocycles. The minimum atomic E-state index is -0.361. The number of carbonyl (C=O) groups excluding carboxylic acids is 1. The molecule has 0 saturated carbocycles. The van der Waals surface area contributed by atoms with Crippen molar-refractivity contribution in [3.8, 4) is 0 Å². The number of hydrogen-bond donors (Lipinski definition) is 1. The number of aromatic nitrogens is 3. The Bertz CT molecular complexity index is 1340. The zero-order chi connectivity index (χ0) is 24.2. The molecule has 1 aliphatic rings. The summed E-state index contributed by atoms with van der Waals surface area (Å²) in [6.07, 6.45) is 4.28. The summed E-state index contributed by atoms with van der Waals surface area (Å²) >= 11 is 0. The number of anilines is 2. The van der Waals surface area contributed by atoms with Gasteiger partial charge in [0, 0.05) is 61.5 Å². The van der Waals surface area contributed by atoms with Gasteiger partial charge in [0.25, 0.3) is 0 Å². The Kier molecular flexibility index (Phi) is 6.63. The number of carbonyl (C=O) groups is 1. The van der Waals surface area contributed by atoms with Crippen molar-refractivity contribution >= 4 is 28.2 Å². The fraction of sp³-hybridized carbons (Fsp3) is 0.259. The first kappa shape index (κ1) is 22.9. The van der Waals surface area contributed by atoms with E-state index in [4.69, 9.17) is 0 Å². The van der Waals surface area contributed by atoms with Crippen LogP contribution in [0.3, 0.4) is 0 Å². The molecule has 7 nitrogen and oxygen atoms in total. The number of nitrogens with zero attached hydrogens (tertiary/aromatic N) is 5. The number of fused-ring (bicyclic) bond motifs is 1. The number of nitrogens with one attached hydrogen (secondary N) is 1. The highest BCUT2D eigenvalue weighted by atomic mass is 19.1. The van der Waals surface area contributed by atoms with Crippen LogP contribution >= 0.6 is 0 Å². The van der Waals surface area contributed by atoms with Gasteiger partial charge in [-0.1, -0.05) is 30.3 Å². The monoisotopic (exact) mass is 470 g/mol. The normalized spacial score (nSPS) is 14.3. The summed E-state index contributed by atoms with van der Waals surface area (Å²) in [4.78, 5) is 21.0. The number of benzene rings is 2. The summed E-state index contributed by atoms with van der Waals surface area (Å²) in [6.45, 7) is 5.06. The topological polar surface area (TPSA) is 74.2 Å². The molecule has 1 fully saturated rings. The Morgan fingerprint density at radius 1 is 0.971 bits per heavy atom. The molecule has 178 valence electrons. The largest absolute Gasteiger partial charge is 0.352 e. The van der Waals surface area contributed by atoms with E-state index in [1.807, 2.05) is 31.2 Å². The van der Waals surface area contributed by atoms with E-state index in [-0.39, 0.29) is 18.3 Å². The van der Waals surface area contributed by atoms with Crippen LogP contribution in [-0.2, 0) is 11.2 Å². The van der Waals surface area contributed by atoms with Crippen LogP contribution < -0.4 is 10.2 Å². The molecule has 2 aromatic heterocycles. The second-order valence-electron chi connectivity index (χ2n) is 8.82. The summed E-state index contributed by atoms with van der Waals surface area (Å²) in [5.74, 6) is 0.371. The van der Waals surface area contributed by atoms with Crippen LogP contribution in [0.5, 0.6) is 0 Å². The maximum Gasteiger partial charge on any atom is 0.238 e. The Labute approximate surface area is 203 Å². The van der Waals surface area contributed by atoms with Crippen LogP contribution in [0.2, 0.25) is 0 Å². The second-order valence-corrected chi connectivity index (χ2v) is 8.82. The van der Waals surface area contributed by atoms with Crippen LogP contribution in [0.1, 0.15) is 16.8 Å². The highest BCUT2D eigenvalue weighted by molar-refractivity contribution is 5.94. The number of aryl methyl sites for hydroxylation is 1. The summed E-state index contributed by atoms with van der Waals surface area (Å²) < 4.78 is 13.5. The first-order valence-corrected chi connectivity index (χ1v) is 11.7. The van der Waals surface area contributed by atoms with Gasteiger partial charge in [0.15, 0.2) is 5.82 Å². The number of amides is 1. The van der Waals surface area contributed by atoms with Gasteiger partial charge < -0.3 is 10.2 Å². The molecule has 0 radical (unpaired) electrons. The Balaban J connectivity index is 1.25. The quantitative estimate of drug-likeness (QED) is 0.462. The van der Waals surface area contributed by atoms with Crippen molar-refractivity contribution in [2.24, 2.45) is 0 Å². The van der Waals surface area contributed by atoms with E-state index in [9.17, 15) is 9.18 Å². The van der Waals surface area contributed by atoms with E-state index < -0.39 is 0 Å². The molecular formula is C27H27FN6O. The number of rotatable bonds is 6. The Morgan fingerprint density at radius 3 is 2.49 bits per heavy atom. The van der Waals surface area contributed by atoms with E-state index in [1.54, 1.807) is 18.5 Å². The molecule has 0 bridgehead atoms. The third kappa shape index (κ3) is 5.27. The van der Waals surface area contributed by atoms with Crippen molar-refractivity contribution in [1.82, 2.24) is 20.1 Å². The molecule has 0 unspecified atom stereocenters. The highest BCUT2D eigenvalue weighted by Crippen LogP contribution is 2.28. The molecule has 3 heterocycles. The van der Waals surface area contributed by atoms with Gasteiger partial charge in [-0.15, -0.1) is 5.10 Å². The lowest BCUT2D eigenvalue weighted by molar-refractivity contribution is -0.117. The fourth-order valence-electron chi connectivity index (χ4n) is 4.44. The van der Waals surface area contributed by atoms with E-state index >= 15 is 0 Å². The van der Waals surface area contributed by atoms with Crippen LogP contribution in [0, 0.1) is 12.7 Å². The number of halogens is 1. The van der Waals surface area contributed by atoms with E-state index in [2.05, 4.69) is 42.4 Å². The molecule has 1 aliphatic heterocycles. The van der Waals surface area contributed by atoms with Gasteiger partial charge in [-0.3, -0.25) is 14.7 Å². The SMILES string of the molecule is Cc1ccc(F)cc1NC(=O)CN1CCN(c2nnc(Cc3ccncc3)c3ccccc23)CC1.